The molecule has 0 bridgehead atoms. The van der Waals surface area contributed by atoms with Crippen LogP contribution in [0.15, 0.2) is 24.3 Å². The smallest absolute Gasteiger partial charge is 0.263 e. The number of benzene rings is 1. The van der Waals surface area contributed by atoms with Gasteiger partial charge in [-0.1, -0.05) is 44.9 Å². The van der Waals surface area contributed by atoms with Gasteiger partial charge < -0.3 is 5.73 Å². The fourth-order valence-corrected chi connectivity index (χ4v) is 2.54. The van der Waals surface area contributed by atoms with Crippen molar-refractivity contribution in [2.24, 2.45) is 5.73 Å². The maximum absolute atomic E-state index is 12.9. The minimum atomic E-state index is -2.43. The highest BCUT2D eigenvalue weighted by Gasteiger charge is 2.19. The molecular weight excluding hydrogens is 270 g/mol. The first kappa shape index (κ1) is 18.1. The standard InChI is InChI=1S/C17H28F2N2/c1-3-5-10-21(11-6-4-2)16(13-20)14-8-7-9-15(12-14)17(18)19/h7-9,12,16-17H,3-6,10-11,13,20H2,1-2H3. The molecule has 0 radical (unpaired) electrons. The number of nitrogens with zero attached hydrogens (tertiary/aromatic N) is 1. The Bertz CT molecular complexity index is 388. The summed E-state index contributed by atoms with van der Waals surface area (Å²) >= 11 is 0. The van der Waals surface area contributed by atoms with Crippen molar-refractivity contribution in [1.82, 2.24) is 4.90 Å². The molecule has 0 fully saturated rings. The van der Waals surface area contributed by atoms with E-state index in [0.717, 1.165) is 44.3 Å². The maximum Gasteiger partial charge on any atom is 0.263 e. The number of rotatable bonds is 10. The van der Waals surface area contributed by atoms with Gasteiger partial charge in [-0.15, -0.1) is 0 Å². The average Bonchev–Trinajstić information content (AvgIpc) is 2.50. The summed E-state index contributed by atoms with van der Waals surface area (Å²) in [6.07, 6.45) is 2.03. The third-order valence-electron chi connectivity index (χ3n) is 3.81. The van der Waals surface area contributed by atoms with Gasteiger partial charge in [0.2, 0.25) is 0 Å². The Hall–Kier alpha value is -1.00. The molecule has 0 spiro atoms. The van der Waals surface area contributed by atoms with Crippen LogP contribution in [0.25, 0.3) is 0 Å². The summed E-state index contributed by atoms with van der Waals surface area (Å²) in [6, 6.07) is 6.73. The summed E-state index contributed by atoms with van der Waals surface area (Å²) in [5, 5.41) is 0. The van der Waals surface area contributed by atoms with Crippen LogP contribution in [0.4, 0.5) is 8.78 Å². The first-order valence-corrected chi connectivity index (χ1v) is 7.96. The van der Waals surface area contributed by atoms with Crippen molar-refractivity contribution >= 4 is 0 Å². The first-order chi connectivity index (χ1) is 10.1. The molecule has 0 saturated heterocycles. The Kier molecular flexibility index (Phi) is 8.47. The van der Waals surface area contributed by atoms with Crippen molar-refractivity contribution in [2.45, 2.75) is 52.0 Å². The first-order valence-electron chi connectivity index (χ1n) is 7.96. The monoisotopic (exact) mass is 298 g/mol. The molecule has 0 aliphatic rings. The lowest BCUT2D eigenvalue weighted by molar-refractivity contribution is 0.150. The zero-order valence-corrected chi connectivity index (χ0v) is 13.2. The molecule has 2 N–H and O–H groups in total. The Labute approximate surface area is 127 Å². The molecule has 1 atom stereocenters. The fraction of sp³-hybridized carbons (Fsp3) is 0.647. The van der Waals surface area contributed by atoms with E-state index in [9.17, 15) is 8.78 Å². The van der Waals surface area contributed by atoms with E-state index < -0.39 is 6.43 Å². The summed E-state index contributed by atoms with van der Waals surface area (Å²) in [5.41, 5.74) is 6.93. The lowest BCUT2D eigenvalue weighted by atomic mass is 10.0. The number of alkyl halides is 2. The molecular formula is C17H28F2N2. The quantitative estimate of drug-likeness (QED) is 0.688. The van der Waals surface area contributed by atoms with Crippen molar-refractivity contribution < 1.29 is 8.78 Å². The largest absolute Gasteiger partial charge is 0.329 e. The van der Waals surface area contributed by atoms with Crippen LogP contribution in [0, 0.1) is 0 Å². The van der Waals surface area contributed by atoms with E-state index in [0.29, 0.717) is 6.54 Å². The predicted molar refractivity (Wildman–Crippen MR) is 84.6 cm³/mol. The molecule has 0 amide bonds. The van der Waals surface area contributed by atoms with Gasteiger partial charge in [0.25, 0.3) is 6.43 Å². The van der Waals surface area contributed by atoms with Crippen LogP contribution in [0.2, 0.25) is 0 Å². The lowest BCUT2D eigenvalue weighted by Crippen LogP contribution is -2.35. The third kappa shape index (κ3) is 5.71. The SMILES string of the molecule is CCCCN(CCCC)C(CN)c1cccc(C(F)F)c1. The number of unbranched alkanes of at least 4 members (excludes halogenated alkanes) is 2. The summed E-state index contributed by atoms with van der Waals surface area (Å²) in [4.78, 5) is 2.34. The zero-order chi connectivity index (χ0) is 15.7. The Morgan fingerprint density at radius 3 is 2.10 bits per heavy atom. The molecule has 21 heavy (non-hydrogen) atoms. The molecule has 1 unspecified atom stereocenters. The molecule has 1 rings (SSSR count). The van der Waals surface area contributed by atoms with Gasteiger partial charge in [-0.2, -0.15) is 0 Å². The second-order valence-electron chi connectivity index (χ2n) is 5.47. The number of hydrogen-bond donors (Lipinski definition) is 1. The highest BCUT2D eigenvalue weighted by molar-refractivity contribution is 5.27. The van der Waals surface area contributed by atoms with Crippen molar-refractivity contribution in [1.29, 1.82) is 0 Å². The van der Waals surface area contributed by atoms with Crippen molar-refractivity contribution in [3.63, 3.8) is 0 Å². The Balaban J connectivity index is 2.91. The molecule has 120 valence electrons. The Morgan fingerprint density at radius 2 is 1.62 bits per heavy atom. The van der Waals surface area contributed by atoms with E-state index >= 15 is 0 Å². The fourth-order valence-electron chi connectivity index (χ4n) is 2.54. The average molecular weight is 298 g/mol. The zero-order valence-electron chi connectivity index (χ0n) is 13.2. The van der Waals surface area contributed by atoms with Gasteiger partial charge in [-0.25, -0.2) is 8.78 Å². The van der Waals surface area contributed by atoms with Crippen LogP contribution >= 0.6 is 0 Å². The summed E-state index contributed by atoms with van der Waals surface area (Å²) in [5.74, 6) is 0. The van der Waals surface area contributed by atoms with E-state index in [1.807, 2.05) is 6.07 Å². The van der Waals surface area contributed by atoms with Gasteiger partial charge in [0.05, 0.1) is 0 Å². The molecule has 1 aromatic carbocycles. The summed E-state index contributed by atoms with van der Waals surface area (Å²) in [7, 11) is 0. The topological polar surface area (TPSA) is 29.3 Å². The number of hydrogen-bond acceptors (Lipinski definition) is 2. The van der Waals surface area contributed by atoms with Gasteiger partial charge >= 0.3 is 0 Å². The van der Waals surface area contributed by atoms with Crippen LogP contribution in [0.3, 0.4) is 0 Å². The predicted octanol–water partition coefficient (Wildman–Crippen LogP) is 4.53. The van der Waals surface area contributed by atoms with Gasteiger partial charge in [0.15, 0.2) is 0 Å². The van der Waals surface area contributed by atoms with Crippen LogP contribution in [-0.2, 0) is 0 Å². The highest BCUT2D eigenvalue weighted by atomic mass is 19.3. The van der Waals surface area contributed by atoms with Crippen molar-refractivity contribution in [2.75, 3.05) is 19.6 Å². The molecule has 2 nitrogen and oxygen atoms in total. The molecule has 1 aromatic rings. The van der Waals surface area contributed by atoms with E-state index in [1.54, 1.807) is 12.1 Å². The third-order valence-corrected chi connectivity index (χ3v) is 3.81. The second-order valence-corrected chi connectivity index (χ2v) is 5.47. The molecule has 4 heteroatoms. The summed E-state index contributed by atoms with van der Waals surface area (Å²) in [6.45, 7) is 6.72. The van der Waals surface area contributed by atoms with Crippen LogP contribution in [0.5, 0.6) is 0 Å². The number of halogens is 2. The molecule has 0 aliphatic heterocycles. The molecule has 0 aliphatic carbocycles. The van der Waals surface area contributed by atoms with Crippen LogP contribution in [0.1, 0.15) is 63.1 Å². The second kappa shape index (κ2) is 9.85. The van der Waals surface area contributed by atoms with Crippen LogP contribution < -0.4 is 5.73 Å². The maximum atomic E-state index is 12.9. The van der Waals surface area contributed by atoms with Gasteiger partial charge in [-0.3, -0.25) is 4.90 Å². The normalized spacial score (nSPS) is 13.1. The molecule has 0 saturated carbocycles. The minimum absolute atomic E-state index is 0.0294. The molecule has 0 heterocycles. The van der Waals surface area contributed by atoms with E-state index in [-0.39, 0.29) is 11.6 Å². The van der Waals surface area contributed by atoms with E-state index in [4.69, 9.17) is 5.73 Å². The van der Waals surface area contributed by atoms with Crippen LogP contribution in [-0.4, -0.2) is 24.5 Å². The molecule has 0 aromatic heterocycles. The highest BCUT2D eigenvalue weighted by Crippen LogP contribution is 2.26. The van der Waals surface area contributed by atoms with Gasteiger partial charge in [0.1, 0.15) is 0 Å². The van der Waals surface area contributed by atoms with Crippen molar-refractivity contribution in [3.05, 3.63) is 35.4 Å². The van der Waals surface area contributed by atoms with Gasteiger partial charge in [0, 0.05) is 18.2 Å². The van der Waals surface area contributed by atoms with Crippen molar-refractivity contribution in [3.8, 4) is 0 Å². The van der Waals surface area contributed by atoms with E-state index in [1.165, 1.54) is 6.07 Å². The Morgan fingerprint density at radius 1 is 1.05 bits per heavy atom. The van der Waals surface area contributed by atoms with E-state index in [2.05, 4.69) is 18.7 Å². The summed E-state index contributed by atoms with van der Waals surface area (Å²) < 4.78 is 25.8. The number of nitrogens with two attached hydrogens (primary N) is 1. The minimum Gasteiger partial charge on any atom is -0.329 e. The van der Waals surface area contributed by atoms with Gasteiger partial charge in [-0.05, 0) is 37.6 Å². The lowest BCUT2D eigenvalue weighted by Gasteiger charge is -2.31.